The molecule has 0 bridgehead atoms. The Hall–Kier alpha value is -8.23. The van der Waals surface area contributed by atoms with E-state index in [1.165, 1.54) is 44.6 Å². The van der Waals surface area contributed by atoms with Crippen molar-refractivity contribution in [3.8, 4) is 33.4 Å². The number of nitrogens with zero attached hydrogens (tertiary/aromatic N) is 3. The molecule has 0 radical (unpaired) electrons. The van der Waals surface area contributed by atoms with Gasteiger partial charge in [0.25, 0.3) is 0 Å². The molecule has 4 aliphatic rings. The first-order valence-corrected chi connectivity index (χ1v) is 21.8. The normalized spacial score (nSPS) is 15.4. The first-order valence-electron chi connectivity index (χ1n) is 21.8. The van der Waals surface area contributed by atoms with Crippen LogP contribution < -0.4 is 28.3 Å². The van der Waals surface area contributed by atoms with Gasteiger partial charge in [-0.3, -0.25) is 15.0 Å². The van der Waals surface area contributed by atoms with E-state index in [1.54, 1.807) is 0 Å². The van der Waals surface area contributed by atoms with Crippen molar-refractivity contribution in [1.82, 2.24) is 0 Å². The highest BCUT2D eigenvalue weighted by molar-refractivity contribution is 6.11. The zero-order valence-corrected chi connectivity index (χ0v) is 35.1. The number of anilines is 5. The third-order valence-electron chi connectivity index (χ3n) is 13.3. The average Bonchev–Trinajstić information content (AvgIpc) is 4.14. The molecule has 4 heterocycles. The fraction of sp³-hybridized carbons (Fsp3) is 0.0893. The van der Waals surface area contributed by atoms with Gasteiger partial charge < -0.3 is 28.3 Å². The molecule has 0 fully saturated rings. The van der Waals surface area contributed by atoms with Gasteiger partial charge >= 0.3 is 0 Å². The Kier molecular flexibility index (Phi) is 8.62. The van der Waals surface area contributed by atoms with E-state index in [1.807, 2.05) is 36.4 Å². The van der Waals surface area contributed by atoms with E-state index >= 15 is 0 Å². The summed E-state index contributed by atoms with van der Waals surface area (Å²) in [6, 6.07) is 55.7. The molecular formula is C56H44N8. The molecule has 4 aliphatic heterocycles. The van der Waals surface area contributed by atoms with Crippen molar-refractivity contribution in [1.29, 1.82) is 0 Å². The van der Waals surface area contributed by atoms with Gasteiger partial charge in [0.05, 0.1) is 63.0 Å². The monoisotopic (exact) mass is 828 g/mol. The highest BCUT2D eigenvalue weighted by Gasteiger charge is 2.25. The number of fused-ring (bicyclic) bond motifs is 4. The minimum atomic E-state index is 0.183. The van der Waals surface area contributed by atoms with Gasteiger partial charge in [0.15, 0.2) is 0 Å². The number of hydrogen-bond acceptors (Lipinski definition) is 8. The zero-order valence-electron chi connectivity index (χ0n) is 35.1. The molecule has 0 saturated carbocycles. The van der Waals surface area contributed by atoms with Crippen LogP contribution in [0.25, 0.3) is 33.4 Å². The fourth-order valence-electron chi connectivity index (χ4n) is 9.71. The summed E-state index contributed by atoms with van der Waals surface area (Å²) in [4.78, 5) is 15.3. The third kappa shape index (κ3) is 6.68. The lowest BCUT2D eigenvalue weighted by Crippen LogP contribution is -2.08. The standard InChI is InChI=1S/C56H44N8/c57-45-13-7-35(25-47(45)59)33-11-17-51-43(21-33)29-55(63-51)39-5-1-3-37(23-39)53-27-41-19-31(9-15-49(41)61-53)32-10-16-50-42(20-32)28-54(62-50)38-4-2-6-40(24-38)56-30-44-22-34(12-18-52(44)64-56)36-8-14-46(58)48(60)26-36/h1-26,55,63H,27-30,57-60H2. The van der Waals surface area contributed by atoms with E-state index in [-0.39, 0.29) is 6.04 Å². The van der Waals surface area contributed by atoms with Gasteiger partial charge in [-0.1, -0.05) is 72.8 Å². The Balaban J connectivity index is 0.713. The summed E-state index contributed by atoms with van der Waals surface area (Å²) in [5.74, 6) is 0. The maximum atomic E-state index is 6.12. The highest BCUT2D eigenvalue weighted by atomic mass is 14.9. The van der Waals surface area contributed by atoms with Crippen molar-refractivity contribution in [2.45, 2.75) is 31.7 Å². The third-order valence-corrected chi connectivity index (χ3v) is 13.3. The van der Waals surface area contributed by atoms with Gasteiger partial charge in [-0.25, -0.2) is 0 Å². The first kappa shape index (κ1) is 37.5. The lowest BCUT2D eigenvalue weighted by molar-refractivity contribution is 0.824. The molecule has 8 aromatic rings. The molecule has 8 nitrogen and oxygen atoms in total. The second-order valence-electron chi connectivity index (χ2n) is 17.4. The number of nitrogen functional groups attached to an aromatic ring is 4. The summed E-state index contributed by atoms with van der Waals surface area (Å²) in [5, 5.41) is 3.76. The molecule has 0 spiro atoms. The van der Waals surface area contributed by atoms with Gasteiger partial charge in [-0.05, 0) is 169 Å². The zero-order chi connectivity index (χ0) is 43.1. The Morgan fingerprint density at radius 2 is 0.766 bits per heavy atom. The number of rotatable bonds is 7. The minimum Gasteiger partial charge on any atom is -0.397 e. The van der Waals surface area contributed by atoms with E-state index in [0.717, 1.165) is 98.8 Å². The molecule has 64 heavy (non-hydrogen) atoms. The van der Waals surface area contributed by atoms with E-state index < -0.39 is 0 Å². The van der Waals surface area contributed by atoms with Crippen molar-refractivity contribution in [2.75, 3.05) is 28.3 Å². The maximum Gasteiger partial charge on any atom is 0.0669 e. The van der Waals surface area contributed by atoms with Crippen molar-refractivity contribution in [3.63, 3.8) is 0 Å². The predicted molar refractivity (Wildman–Crippen MR) is 266 cm³/mol. The van der Waals surface area contributed by atoms with Crippen LogP contribution in [0.4, 0.5) is 45.5 Å². The molecule has 8 heteroatoms. The molecule has 0 aliphatic carbocycles. The fourth-order valence-corrected chi connectivity index (χ4v) is 9.71. The Morgan fingerprint density at radius 3 is 1.25 bits per heavy atom. The van der Waals surface area contributed by atoms with Gasteiger partial charge in [0.2, 0.25) is 0 Å². The van der Waals surface area contributed by atoms with Gasteiger partial charge in [0, 0.05) is 24.9 Å². The molecule has 0 aromatic heterocycles. The van der Waals surface area contributed by atoms with Gasteiger partial charge in [-0.2, -0.15) is 0 Å². The smallest absolute Gasteiger partial charge is 0.0669 e. The molecule has 308 valence electrons. The van der Waals surface area contributed by atoms with E-state index in [9.17, 15) is 0 Å². The van der Waals surface area contributed by atoms with Crippen LogP contribution >= 0.6 is 0 Å². The van der Waals surface area contributed by atoms with Crippen LogP contribution in [0.3, 0.4) is 0 Å². The number of benzene rings is 8. The van der Waals surface area contributed by atoms with E-state index in [2.05, 4.69) is 127 Å². The molecule has 0 amide bonds. The first-order chi connectivity index (χ1) is 31.2. The number of hydrogen-bond donors (Lipinski definition) is 5. The Bertz CT molecular complexity index is 3370. The quantitative estimate of drug-likeness (QED) is 0.101. The second kappa shape index (κ2) is 14.7. The molecule has 1 unspecified atom stereocenters. The molecule has 12 rings (SSSR count). The molecule has 8 aromatic carbocycles. The Labute approximate surface area is 371 Å². The van der Waals surface area contributed by atoms with E-state index in [4.69, 9.17) is 37.9 Å². The number of aliphatic imine (C=N–C) groups is 3. The summed E-state index contributed by atoms with van der Waals surface area (Å²) in [7, 11) is 0. The number of nitrogens with two attached hydrogens (primary N) is 4. The van der Waals surface area contributed by atoms with Gasteiger partial charge in [-0.15, -0.1) is 0 Å². The van der Waals surface area contributed by atoms with Crippen LogP contribution in [0.2, 0.25) is 0 Å². The molecule has 1 atom stereocenters. The van der Waals surface area contributed by atoms with Crippen molar-refractivity contribution in [3.05, 3.63) is 202 Å². The molecular weight excluding hydrogens is 785 g/mol. The SMILES string of the molecule is Nc1ccc(-c2ccc3c(c2)CC(c2cccc(C4=Nc5ccc(-c6ccc7c(c6)CC(c6cccc(C8Cc9cc(-c%10ccc(N)c(N)c%10)ccc9N8)c6)=N7)cc5C4)c2)=N3)cc1N. The highest BCUT2D eigenvalue weighted by Crippen LogP contribution is 2.41. The summed E-state index contributed by atoms with van der Waals surface area (Å²) >= 11 is 0. The summed E-state index contributed by atoms with van der Waals surface area (Å²) < 4.78 is 0. The summed E-state index contributed by atoms with van der Waals surface area (Å²) in [5.41, 5.74) is 50.5. The van der Waals surface area contributed by atoms with Crippen molar-refractivity contribution in [2.24, 2.45) is 15.0 Å². The van der Waals surface area contributed by atoms with Gasteiger partial charge in [0.1, 0.15) is 0 Å². The van der Waals surface area contributed by atoms with Crippen LogP contribution in [-0.2, 0) is 25.7 Å². The van der Waals surface area contributed by atoms with Crippen LogP contribution in [0.5, 0.6) is 0 Å². The molecule has 9 N–H and O–H groups in total. The second-order valence-corrected chi connectivity index (χ2v) is 17.4. The Morgan fingerprint density at radius 1 is 0.359 bits per heavy atom. The van der Waals surface area contributed by atoms with Crippen LogP contribution in [0.1, 0.15) is 50.5 Å². The van der Waals surface area contributed by atoms with Crippen LogP contribution in [0, 0.1) is 0 Å². The average molecular weight is 829 g/mol. The number of nitrogens with one attached hydrogen (secondary N) is 1. The van der Waals surface area contributed by atoms with Crippen LogP contribution in [0.15, 0.2) is 173 Å². The maximum absolute atomic E-state index is 6.12. The summed E-state index contributed by atoms with van der Waals surface area (Å²) in [6.45, 7) is 0. The van der Waals surface area contributed by atoms with Crippen molar-refractivity contribution >= 4 is 62.6 Å². The van der Waals surface area contributed by atoms with Crippen LogP contribution in [-0.4, -0.2) is 17.1 Å². The summed E-state index contributed by atoms with van der Waals surface area (Å²) in [6.07, 6.45) is 3.25. The minimum absolute atomic E-state index is 0.183. The predicted octanol–water partition coefficient (Wildman–Crippen LogP) is 11.8. The lowest BCUT2D eigenvalue weighted by Gasteiger charge is -2.13. The van der Waals surface area contributed by atoms with Crippen molar-refractivity contribution < 1.29 is 0 Å². The largest absolute Gasteiger partial charge is 0.397 e. The lowest BCUT2D eigenvalue weighted by atomic mass is 9.95. The van der Waals surface area contributed by atoms with E-state index in [0.29, 0.717) is 22.7 Å². The molecule has 0 saturated heterocycles. The topological polar surface area (TPSA) is 153 Å².